The maximum atomic E-state index is 12.0. The number of benzene rings is 2. The number of hydrogen-bond donors (Lipinski definition) is 2. The summed E-state index contributed by atoms with van der Waals surface area (Å²) in [6.07, 6.45) is 1.49. The predicted molar refractivity (Wildman–Crippen MR) is 123 cm³/mol. The molecule has 0 aliphatic heterocycles. The van der Waals surface area contributed by atoms with E-state index in [0.29, 0.717) is 15.7 Å². The van der Waals surface area contributed by atoms with Crippen LogP contribution in [0.3, 0.4) is 0 Å². The van der Waals surface area contributed by atoms with E-state index in [1.807, 2.05) is 44.2 Å². The number of anilines is 1. The zero-order valence-electron chi connectivity index (χ0n) is 17.1. The topological polar surface area (TPSA) is 84.7 Å². The molecule has 0 saturated heterocycles. The minimum atomic E-state index is -0.920. The van der Waals surface area contributed by atoms with Gasteiger partial charge in [0.1, 0.15) is 5.75 Å². The summed E-state index contributed by atoms with van der Waals surface area (Å²) in [4.78, 5) is 24.1. The van der Waals surface area contributed by atoms with Crippen LogP contribution in [-0.2, 0) is 9.59 Å². The first-order chi connectivity index (χ1) is 14.8. The maximum Gasteiger partial charge on any atom is 0.329 e. The van der Waals surface area contributed by atoms with E-state index < -0.39 is 11.8 Å². The van der Waals surface area contributed by atoms with E-state index in [4.69, 9.17) is 27.9 Å². The molecule has 7 nitrogen and oxygen atoms in total. The summed E-state index contributed by atoms with van der Waals surface area (Å²) in [5, 5.41) is 7.01. The fraction of sp³-hybridized carbons (Fsp3) is 0.136. The molecule has 0 radical (unpaired) electrons. The Balaban J connectivity index is 1.67. The SMILES string of the molecule is COc1ccc(-n2c(C)cc(/C=N\NC(=O)C(=O)Nc3cc(Cl)cc(Cl)c3)c2C)cc1. The number of nitrogens with zero attached hydrogens (tertiary/aromatic N) is 2. The Morgan fingerprint density at radius 2 is 1.65 bits per heavy atom. The van der Waals surface area contributed by atoms with Crippen molar-refractivity contribution in [3.05, 3.63) is 75.5 Å². The predicted octanol–water partition coefficient (Wildman–Crippen LogP) is 4.50. The molecule has 2 aromatic carbocycles. The Morgan fingerprint density at radius 3 is 2.26 bits per heavy atom. The lowest BCUT2D eigenvalue weighted by Gasteiger charge is -2.10. The molecule has 2 amide bonds. The third-order valence-electron chi connectivity index (χ3n) is 4.50. The summed E-state index contributed by atoms with van der Waals surface area (Å²) in [7, 11) is 1.62. The van der Waals surface area contributed by atoms with Crippen molar-refractivity contribution in [2.75, 3.05) is 12.4 Å². The number of halogens is 2. The fourth-order valence-electron chi connectivity index (χ4n) is 3.07. The molecule has 9 heteroatoms. The van der Waals surface area contributed by atoms with Crippen LogP contribution in [-0.4, -0.2) is 29.7 Å². The summed E-state index contributed by atoms with van der Waals surface area (Å²) in [5.74, 6) is -1.04. The first-order valence-corrected chi connectivity index (χ1v) is 9.98. The first-order valence-electron chi connectivity index (χ1n) is 9.22. The van der Waals surface area contributed by atoms with E-state index in [-0.39, 0.29) is 0 Å². The number of hydrogen-bond acceptors (Lipinski definition) is 4. The summed E-state index contributed by atoms with van der Waals surface area (Å²) in [6, 6.07) is 14.1. The van der Waals surface area contributed by atoms with Gasteiger partial charge in [0.25, 0.3) is 0 Å². The average molecular weight is 459 g/mol. The fourth-order valence-corrected chi connectivity index (χ4v) is 3.60. The Labute approximate surface area is 189 Å². The highest BCUT2D eigenvalue weighted by atomic mass is 35.5. The van der Waals surface area contributed by atoms with Crippen LogP contribution in [0.15, 0.2) is 53.6 Å². The lowest BCUT2D eigenvalue weighted by Crippen LogP contribution is -2.32. The molecule has 1 heterocycles. The Morgan fingerprint density at radius 1 is 1.00 bits per heavy atom. The van der Waals surface area contributed by atoms with E-state index >= 15 is 0 Å². The number of aryl methyl sites for hydroxylation is 1. The number of nitrogens with one attached hydrogen (secondary N) is 2. The normalized spacial score (nSPS) is 10.9. The second kappa shape index (κ2) is 9.68. The van der Waals surface area contributed by atoms with Gasteiger partial charge in [-0.1, -0.05) is 23.2 Å². The van der Waals surface area contributed by atoms with E-state index in [9.17, 15) is 9.59 Å². The second-order valence-corrected chi connectivity index (χ2v) is 7.54. The van der Waals surface area contributed by atoms with Crippen LogP contribution in [0.5, 0.6) is 5.75 Å². The van der Waals surface area contributed by atoms with Crippen LogP contribution < -0.4 is 15.5 Å². The Kier molecular flexibility index (Phi) is 6.99. The lowest BCUT2D eigenvalue weighted by atomic mass is 10.2. The van der Waals surface area contributed by atoms with Crippen LogP contribution in [0.2, 0.25) is 10.0 Å². The van der Waals surface area contributed by atoms with Gasteiger partial charge in [-0.2, -0.15) is 5.10 Å². The van der Waals surface area contributed by atoms with Crippen LogP contribution in [0.4, 0.5) is 5.69 Å². The third kappa shape index (κ3) is 5.45. The van der Waals surface area contributed by atoms with Gasteiger partial charge in [0.15, 0.2) is 0 Å². The highest BCUT2D eigenvalue weighted by molar-refractivity contribution is 6.40. The minimum Gasteiger partial charge on any atom is -0.497 e. The molecule has 0 atom stereocenters. The van der Waals surface area contributed by atoms with Gasteiger partial charge in [0.2, 0.25) is 0 Å². The van der Waals surface area contributed by atoms with Crippen molar-refractivity contribution in [2.24, 2.45) is 5.10 Å². The smallest absolute Gasteiger partial charge is 0.329 e. The molecular formula is C22H20Cl2N4O3. The van der Waals surface area contributed by atoms with Crippen LogP contribution >= 0.6 is 23.2 Å². The van der Waals surface area contributed by atoms with Gasteiger partial charge < -0.3 is 14.6 Å². The third-order valence-corrected chi connectivity index (χ3v) is 4.93. The average Bonchev–Trinajstić information content (AvgIpc) is 3.00. The number of carbonyl (C=O) groups excluding carboxylic acids is 2. The van der Waals surface area contributed by atoms with Crippen LogP contribution in [0, 0.1) is 13.8 Å². The summed E-state index contributed by atoms with van der Waals surface area (Å²) >= 11 is 11.8. The molecule has 2 N–H and O–H groups in total. The lowest BCUT2D eigenvalue weighted by molar-refractivity contribution is -0.136. The Hall–Kier alpha value is -3.29. The molecule has 1 aromatic heterocycles. The highest BCUT2D eigenvalue weighted by Gasteiger charge is 2.14. The van der Waals surface area contributed by atoms with E-state index in [1.54, 1.807) is 7.11 Å². The molecule has 0 spiro atoms. The standard InChI is InChI=1S/C22H20Cl2N4O3/c1-13-8-15(14(2)28(13)19-4-6-20(31-3)7-5-19)12-25-27-22(30)21(29)26-18-10-16(23)9-17(24)11-18/h4-12H,1-3H3,(H,26,29)(H,27,30)/b25-12-. The number of amides is 2. The molecule has 0 aliphatic rings. The molecule has 0 fully saturated rings. The maximum absolute atomic E-state index is 12.0. The molecule has 3 rings (SSSR count). The van der Waals surface area contributed by atoms with Gasteiger partial charge >= 0.3 is 11.8 Å². The van der Waals surface area contributed by atoms with E-state index in [1.165, 1.54) is 24.4 Å². The first kappa shape index (κ1) is 22.4. The molecule has 0 bridgehead atoms. The number of aromatic nitrogens is 1. The van der Waals surface area contributed by atoms with Crippen molar-refractivity contribution in [2.45, 2.75) is 13.8 Å². The van der Waals surface area contributed by atoms with Crippen molar-refractivity contribution in [1.29, 1.82) is 0 Å². The second-order valence-electron chi connectivity index (χ2n) is 6.67. The van der Waals surface area contributed by atoms with Crippen molar-refractivity contribution >= 4 is 46.9 Å². The zero-order valence-corrected chi connectivity index (χ0v) is 18.6. The summed E-state index contributed by atoms with van der Waals surface area (Å²) in [5.41, 5.74) is 6.22. The largest absolute Gasteiger partial charge is 0.497 e. The molecule has 3 aromatic rings. The quantitative estimate of drug-likeness (QED) is 0.335. The molecule has 0 unspecified atom stereocenters. The van der Waals surface area contributed by atoms with Gasteiger partial charge in [0.05, 0.1) is 13.3 Å². The van der Waals surface area contributed by atoms with Crippen molar-refractivity contribution in [1.82, 2.24) is 9.99 Å². The van der Waals surface area contributed by atoms with E-state index in [0.717, 1.165) is 28.4 Å². The van der Waals surface area contributed by atoms with Gasteiger partial charge in [-0.25, -0.2) is 5.43 Å². The van der Waals surface area contributed by atoms with Crippen molar-refractivity contribution in [3.63, 3.8) is 0 Å². The molecule has 0 saturated carbocycles. The molecule has 160 valence electrons. The van der Waals surface area contributed by atoms with Gasteiger partial charge in [0, 0.05) is 38.4 Å². The molecule has 0 aliphatic carbocycles. The minimum absolute atomic E-state index is 0.310. The number of hydrazone groups is 1. The van der Waals surface area contributed by atoms with Crippen molar-refractivity contribution < 1.29 is 14.3 Å². The van der Waals surface area contributed by atoms with Crippen LogP contribution in [0.1, 0.15) is 17.0 Å². The number of methoxy groups -OCH3 is 1. The summed E-state index contributed by atoms with van der Waals surface area (Å²) < 4.78 is 7.25. The van der Waals surface area contributed by atoms with Gasteiger partial charge in [-0.05, 0) is 62.4 Å². The number of ether oxygens (including phenoxy) is 1. The number of rotatable bonds is 5. The number of carbonyl (C=O) groups is 2. The van der Waals surface area contributed by atoms with Crippen LogP contribution in [0.25, 0.3) is 5.69 Å². The van der Waals surface area contributed by atoms with Crippen molar-refractivity contribution in [3.8, 4) is 11.4 Å². The highest BCUT2D eigenvalue weighted by Crippen LogP contribution is 2.23. The monoisotopic (exact) mass is 458 g/mol. The van der Waals surface area contributed by atoms with Gasteiger partial charge in [-0.3, -0.25) is 9.59 Å². The molecule has 31 heavy (non-hydrogen) atoms. The van der Waals surface area contributed by atoms with E-state index in [2.05, 4.69) is 20.4 Å². The zero-order chi connectivity index (χ0) is 22.5. The Bertz CT molecular complexity index is 1130. The van der Waals surface area contributed by atoms with Gasteiger partial charge in [-0.15, -0.1) is 0 Å². The molecular weight excluding hydrogens is 439 g/mol. The summed E-state index contributed by atoms with van der Waals surface area (Å²) in [6.45, 7) is 3.91.